The van der Waals surface area contributed by atoms with Gasteiger partial charge in [0.1, 0.15) is 0 Å². The van der Waals surface area contributed by atoms with E-state index in [0.29, 0.717) is 43.4 Å². The second-order valence-electron chi connectivity index (χ2n) is 6.12. The Hall–Kier alpha value is -2.11. The molecule has 1 saturated heterocycles. The van der Waals surface area contributed by atoms with Crippen LogP contribution >= 0.6 is 0 Å². The van der Waals surface area contributed by atoms with Crippen molar-refractivity contribution in [3.63, 3.8) is 0 Å². The largest absolute Gasteiger partial charge is 0.477 e. The minimum Gasteiger partial charge on any atom is -0.477 e. The van der Waals surface area contributed by atoms with Crippen LogP contribution in [0.4, 0.5) is 0 Å². The van der Waals surface area contributed by atoms with Crippen LogP contribution in [0.5, 0.6) is 5.88 Å². The number of pyridine rings is 1. The second kappa shape index (κ2) is 6.34. The van der Waals surface area contributed by atoms with Gasteiger partial charge in [0.05, 0.1) is 12.2 Å². The maximum absolute atomic E-state index is 12.2. The van der Waals surface area contributed by atoms with Crippen LogP contribution in [0.15, 0.2) is 18.3 Å². The molecule has 0 radical (unpaired) electrons. The van der Waals surface area contributed by atoms with Gasteiger partial charge in [-0.05, 0) is 31.2 Å². The van der Waals surface area contributed by atoms with Crippen LogP contribution < -0.4 is 10.1 Å². The number of hydrogen-bond donors (Lipinski definition) is 1. The van der Waals surface area contributed by atoms with Crippen LogP contribution in [0.25, 0.3) is 0 Å². The van der Waals surface area contributed by atoms with E-state index >= 15 is 0 Å². The van der Waals surface area contributed by atoms with Crippen molar-refractivity contribution in [2.75, 3.05) is 20.2 Å². The fourth-order valence-corrected chi connectivity index (χ4v) is 2.49. The van der Waals surface area contributed by atoms with Gasteiger partial charge in [0.25, 0.3) is 5.91 Å². The summed E-state index contributed by atoms with van der Waals surface area (Å²) in [6.07, 6.45) is 5.17. The molecule has 118 valence electrons. The van der Waals surface area contributed by atoms with Gasteiger partial charge in [-0.2, -0.15) is 0 Å². The first kappa shape index (κ1) is 14.8. The molecule has 1 aliphatic carbocycles. The summed E-state index contributed by atoms with van der Waals surface area (Å²) in [5, 5.41) is 2.95. The highest BCUT2D eigenvalue weighted by Gasteiger charge is 2.24. The Balaban J connectivity index is 1.51. The highest BCUT2D eigenvalue weighted by Crippen LogP contribution is 2.29. The zero-order valence-corrected chi connectivity index (χ0v) is 12.7. The smallest absolute Gasteiger partial charge is 0.253 e. The average molecular weight is 303 g/mol. The van der Waals surface area contributed by atoms with Crippen LogP contribution in [-0.4, -0.2) is 47.9 Å². The number of carbonyl (C=O) groups is 2. The summed E-state index contributed by atoms with van der Waals surface area (Å²) in [7, 11) is 1.76. The maximum Gasteiger partial charge on any atom is 0.253 e. The molecule has 2 amide bonds. The Morgan fingerprint density at radius 2 is 2.23 bits per heavy atom. The number of likely N-dealkylation sites (N-methyl/N-ethyl adjacent to an activating group) is 1. The minimum atomic E-state index is -0.158. The summed E-state index contributed by atoms with van der Waals surface area (Å²) in [5.74, 6) is 1.21. The lowest BCUT2D eigenvalue weighted by Gasteiger charge is -2.30. The molecular weight excluding hydrogens is 282 g/mol. The lowest BCUT2D eigenvalue weighted by atomic mass is 10.1. The standard InChI is InChI=1S/C16H21N3O3/c1-19-9-13(5-7-15(19)20)18-16(21)12-4-6-14(17-8-12)22-10-11-2-3-11/h4,6,8,11,13H,2-3,5,7,9-10H2,1H3,(H,18,21)/t13-/m1/s1. The molecule has 3 rings (SSSR count). The lowest BCUT2D eigenvalue weighted by Crippen LogP contribution is -2.48. The third kappa shape index (κ3) is 3.75. The Bertz CT molecular complexity index is 554. The monoisotopic (exact) mass is 303 g/mol. The highest BCUT2D eigenvalue weighted by atomic mass is 16.5. The van der Waals surface area contributed by atoms with Crippen molar-refractivity contribution in [2.45, 2.75) is 31.7 Å². The van der Waals surface area contributed by atoms with E-state index in [9.17, 15) is 9.59 Å². The van der Waals surface area contributed by atoms with E-state index in [-0.39, 0.29) is 17.9 Å². The molecule has 1 N–H and O–H groups in total. The summed E-state index contributed by atoms with van der Waals surface area (Å²) < 4.78 is 5.55. The van der Waals surface area contributed by atoms with Crippen LogP contribution in [0.3, 0.4) is 0 Å². The lowest BCUT2D eigenvalue weighted by molar-refractivity contribution is -0.132. The number of aromatic nitrogens is 1. The topological polar surface area (TPSA) is 71.5 Å². The van der Waals surface area contributed by atoms with E-state index in [1.807, 2.05) is 0 Å². The summed E-state index contributed by atoms with van der Waals surface area (Å²) in [6, 6.07) is 3.46. The second-order valence-corrected chi connectivity index (χ2v) is 6.12. The quantitative estimate of drug-likeness (QED) is 0.888. The maximum atomic E-state index is 12.2. The van der Waals surface area contributed by atoms with E-state index in [1.165, 1.54) is 19.0 Å². The number of piperidine rings is 1. The molecule has 0 bridgehead atoms. The number of ether oxygens (including phenoxy) is 1. The van der Waals surface area contributed by atoms with Gasteiger partial charge in [-0.15, -0.1) is 0 Å². The van der Waals surface area contributed by atoms with Gasteiger partial charge in [0.15, 0.2) is 0 Å². The van der Waals surface area contributed by atoms with E-state index < -0.39 is 0 Å². The Labute approximate surface area is 129 Å². The first-order chi connectivity index (χ1) is 10.6. The van der Waals surface area contributed by atoms with E-state index in [0.717, 1.165) is 0 Å². The van der Waals surface area contributed by atoms with Gasteiger partial charge in [-0.25, -0.2) is 4.98 Å². The third-order valence-corrected chi connectivity index (χ3v) is 4.12. The molecule has 0 unspecified atom stereocenters. The molecule has 2 aliphatic rings. The first-order valence-electron chi connectivity index (χ1n) is 7.75. The van der Waals surface area contributed by atoms with Crippen molar-refractivity contribution in [3.05, 3.63) is 23.9 Å². The van der Waals surface area contributed by atoms with Gasteiger partial charge in [-0.1, -0.05) is 0 Å². The molecule has 1 aromatic rings. The normalized spacial score (nSPS) is 21.6. The van der Waals surface area contributed by atoms with Crippen molar-refractivity contribution in [3.8, 4) is 5.88 Å². The number of amides is 2. The number of carbonyl (C=O) groups excluding carboxylic acids is 2. The van der Waals surface area contributed by atoms with Crippen LogP contribution in [0.2, 0.25) is 0 Å². The van der Waals surface area contributed by atoms with Gasteiger partial charge in [-0.3, -0.25) is 9.59 Å². The van der Waals surface area contributed by atoms with Gasteiger partial charge in [0.2, 0.25) is 11.8 Å². The summed E-state index contributed by atoms with van der Waals surface area (Å²) in [4.78, 5) is 29.5. The molecule has 6 heteroatoms. The summed E-state index contributed by atoms with van der Waals surface area (Å²) in [5.41, 5.74) is 0.512. The third-order valence-electron chi connectivity index (χ3n) is 4.12. The van der Waals surface area contributed by atoms with Gasteiger partial charge in [0, 0.05) is 38.3 Å². The van der Waals surface area contributed by atoms with Gasteiger partial charge < -0.3 is 15.0 Å². The zero-order valence-electron chi connectivity index (χ0n) is 12.7. The summed E-state index contributed by atoms with van der Waals surface area (Å²) >= 11 is 0. The van der Waals surface area contributed by atoms with E-state index in [4.69, 9.17) is 4.74 Å². The molecule has 1 saturated carbocycles. The Morgan fingerprint density at radius 1 is 1.41 bits per heavy atom. The molecule has 0 aromatic carbocycles. The molecule has 6 nitrogen and oxygen atoms in total. The molecular formula is C16H21N3O3. The van der Waals surface area contributed by atoms with Crippen molar-refractivity contribution >= 4 is 11.8 Å². The minimum absolute atomic E-state index is 0.000920. The molecule has 0 spiro atoms. The molecule has 2 heterocycles. The highest BCUT2D eigenvalue weighted by molar-refractivity contribution is 5.94. The van der Waals surface area contributed by atoms with Crippen molar-refractivity contribution in [2.24, 2.45) is 5.92 Å². The number of nitrogens with one attached hydrogen (secondary N) is 1. The fraction of sp³-hybridized carbons (Fsp3) is 0.562. The Kier molecular flexibility index (Phi) is 4.27. The summed E-state index contributed by atoms with van der Waals surface area (Å²) in [6.45, 7) is 1.27. The number of rotatable bonds is 5. The molecule has 1 atom stereocenters. The van der Waals surface area contributed by atoms with Crippen LogP contribution in [-0.2, 0) is 4.79 Å². The van der Waals surface area contributed by atoms with Crippen molar-refractivity contribution in [1.82, 2.24) is 15.2 Å². The molecule has 1 aromatic heterocycles. The predicted octanol–water partition coefficient (Wildman–Crippen LogP) is 1.22. The molecule has 1 aliphatic heterocycles. The number of hydrogen-bond acceptors (Lipinski definition) is 4. The van der Waals surface area contributed by atoms with E-state index in [1.54, 1.807) is 24.1 Å². The predicted molar refractivity (Wildman–Crippen MR) is 80.6 cm³/mol. The van der Waals surface area contributed by atoms with Crippen molar-refractivity contribution < 1.29 is 14.3 Å². The van der Waals surface area contributed by atoms with Crippen LogP contribution in [0, 0.1) is 5.92 Å². The number of likely N-dealkylation sites (tertiary alicyclic amines) is 1. The molecule has 22 heavy (non-hydrogen) atoms. The van der Waals surface area contributed by atoms with Crippen LogP contribution in [0.1, 0.15) is 36.0 Å². The zero-order chi connectivity index (χ0) is 15.5. The Morgan fingerprint density at radius 3 is 2.86 bits per heavy atom. The average Bonchev–Trinajstić information content (AvgIpc) is 3.34. The number of nitrogens with zero attached hydrogens (tertiary/aromatic N) is 2. The van der Waals surface area contributed by atoms with E-state index in [2.05, 4.69) is 10.3 Å². The molecule has 2 fully saturated rings. The van der Waals surface area contributed by atoms with Crippen molar-refractivity contribution in [1.29, 1.82) is 0 Å². The SMILES string of the molecule is CN1C[C@H](NC(=O)c2ccc(OCC3CC3)nc2)CCC1=O. The van der Waals surface area contributed by atoms with Gasteiger partial charge >= 0.3 is 0 Å². The first-order valence-corrected chi connectivity index (χ1v) is 7.75. The fourth-order valence-electron chi connectivity index (χ4n) is 2.49.